The van der Waals surface area contributed by atoms with Gasteiger partial charge in [0.25, 0.3) is 5.56 Å². The van der Waals surface area contributed by atoms with Crippen LogP contribution in [-0.2, 0) is 11.3 Å². The van der Waals surface area contributed by atoms with Crippen molar-refractivity contribution in [3.8, 4) is 5.69 Å². The maximum atomic E-state index is 13.3. The molecule has 0 unspecified atom stereocenters. The van der Waals surface area contributed by atoms with Crippen LogP contribution in [0.1, 0.15) is 11.1 Å². The second kappa shape index (κ2) is 9.14. The quantitative estimate of drug-likeness (QED) is 0.365. The minimum absolute atomic E-state index is 0.0951. The summed E-state index contributed by atoms with van der Waals surface area (Å²) in [5, 5.41) is 3.79. The third-order valence-corrected chi connectivity index (χ3v) is 5.78. The number of carbonyl (C=O) groups is 1. The van der Waals surface area contributed by atoms with Gasteiger partial charge in [0.1, 0.15) is 5.82 Å². The number of hydrogen-bond donors (Lipinski definition) is 1. The Morgan fingerprint density at radius 1 is 1.03 bits per heavy atom. The molecular formula is C24H20FN3O2S. The molecule has 1 amide bonds. The topological polar surface area (TPSA) is 64.0 Å². The molecule has 0 spiro atoms. The van der Waals surface area contributed by atoms with E-state index >= 15 is 0 Å². The fourth-order valence-corrected chi connectivity index (χ4v) is 4.06. The van der Waals surface area contributed by atoms with Crippen molar-refractivity contribution < 1.29 is 9.18 Å². The number of aryl methyl sites for hydroxylation is 1. The van der Waals surface area contributed by atoms with Gasteiger partial charge in [-0.25, -0.2) is 9.37 Å². The van der Waals surface area contributed by atoms with Crippen LogP contribution < -0.4 is 10.9 Å². The number of carbonyl (C=O) groups excluding carboxylic acids is 1. The highest BCUT2D eigenvalue weighted by Crippen LogP contribution is 2.23. The number of para-hydroxylation sites is 2. The Labute approximate surface area is 182 Å². The average Bonchev–Trinajstić information content (AvgIpc) is 2.78. The van der Waals surface area contributed by atoms with Gasteiger partial charge >= 0.3 is 0 Å². The molecule has 0 fully saturated rings. The smallest absolute Gasteiger partial charge is 0.266 e. The summed E-state index contributed by atoms with van der Waals surface area (Å²) in [6.07, 6.45) is 0. The van der Waals surface area contributed by atoms with Gasteiger partial charge in [-0.3, -0.25) is 14.2 Å². The van der Waals surface area contributed by atoms with E-state index in [4.69, 9.17) is 0 Å². The zero-order valence-corrected chi connectivity index (χ0v) is 17.7. The third-order valence-electron chi connectivity index (χ3n) is 4.84. The first-order valence-corrected chi connectivity index (χ1v) is 10.7. The van der Waals surface area contributed by atoms with Gasteiger partial charge in [-0.1, -0.05) is 54.2 Å². The Balaban J connectivity index is 1.60. The van der Waals surface area contributed by atoms with Gasteiger partial charge in [-0.15, -0.1) is 0 Å². The predicted molar refractivity (Wildman–Crippen MR) is 121 cm³/mol. The summed E-state index contributed by atoms with van der Waals surface area (Å²) in [4.78, 5) is 30.3. The highest BCUT2D eigenvalue weighted by atomic mass is 32.2. The number of amides is 1. The highest BCUT2D eigenvalue weighted by molar-refractivity contribution is 7.99. The van der Waals surface area contributed by atoms with Gasteiger partial charge in [0.2, 0.25) is 5.91 Å². The van der Waals surface area contributed by atoms with Crippen LogP contribution in [0.15, 0.2) is 82.7 Å². The molecule has 7 heteroatoms. The van der Waals surface area contributed by atoms with Crippen LogP contribution in [-0.4, -0.2) is 21.2 Å². The molecule has 31 heavy (non-hydrogen) atoms. The van der Waals surface area contributed by atoms with Gasteiger partial charge in [0.05, 0.1) is 22.3 Å². The summed E-state index contributed by atoms with van der Waals surface area (Å²) in [6.45, 7) is 2.23. The molecule has 0 saturated carbocycles. The molecule has 1 aromatic heterocycles. The standard InChI is InChI=1S/C24H20FN3O2S/c1-16-6-2-5-9-21(16)28-23(30)19-7-3-4-8-20(19)27-24(28)31-15-22(29)26-14-17-10-12-18(25)13-11-17/h2-13H,14-15H2,1H3,(H,26,29). The zero-order valence-electron chi connectivity index (χ0n) is 16.8. The van der Waals surface area contributed by atoms with Crippen LogP contribution in [0.4, 0.5) is 4.39 Å². The van der Waals surface area contributed by atoms with Crippen LogP contribution in [0.25, 0.3) is 16.6 Å². The minimum Gasteiger partial charge on any atom is -0.351 e. The lowest BCUT2D eigenvalue weighted by Gasteiger charge is -2.15. The first kappa shape index (κ1) is 20.8. The number of benzene rings is 3. The molecule has 0 atom stereocenters. The van der Waals surface area contributed by atoms with Crippen molar-refractivity contribution in [2.45, 2.75) is 18.6 Å². The van der Waals surface area contributed by atoms with Crippen molar-refractivity contribution >= 4 is 28.6 Å². The number of nitrogens with one attached hydrogen (secondary N) is 1. The minimum atomic E-state index is -0.317. The van der Waals surface area contributed by atoms with Crippen molar-refractivity contribution in [2.75, 3.05) is 5.75 Å². The second-order valence-corrected chi connectivity index (χ2v) is 7.97. The molecule has 4 rings (SSSR count). The van der Waals surface area contributed by atoms with E-state index < -0.39 is 0 Å². The van der Waals surface area contributed by atoms with E-state index in [1.807, 2.05) is 43.3 Å². The molecule has 0 aliphatic carbocycles. The number of nitrogens with zero attached hydrogens (tertiary/aromatic N) is 2. The third kappa shape index (κ3) is 4.67. The van der Waals surface area contributed by atoms with Gasteiger partial charge in [-0.2, -0.15) is 0 Å². The van der Waals surface area contributed by atoms with Gasteiger partial charge < -0.3 is 5.32 Å². The lowest BCUT2D eigenvalue weighted by Crippen LogP contribution is -2.26. The molecule has 4 aromatic rings. The number of halogens is 1. The zero-order chi connectivity index (χ0) is 21.8. The summed E-state index contributed by atoms with van der Waals surface area (Å²) >= 11 is 1.21. The maximum Gasteiger partial charge on any atom is 0.266 e. The Hall–Kier alpha value is -3.45. The normalized spacial score (nSPS) is 10.9. The molecule has 0 radical (unpaired) electrons. The van der Waals surface area contributed by atoms with Gasteiger partial charge in [-0.05, 0) is 48.4 Å². The van der Waals surface area contributed by atoms with Gasteiger partial charge in [0, 0.05) is 6.54 Å². The first-order valence-electron chi connectivity index (χ1n) is 9.74. The molecule has 1 heterocycles. The highest BCUT2D eigenvalue weighted by Gasteiger charge is 2.15. The molecule has 0 bridgehead atoms. The largest absolute Gasteiger partial charge is 0.351 e. The van der Waals surface area contributed by atoms with Crippen molar-refractivity contribution in [3.05, 3.63) is 100 Å². The van der Waals surface area contributed by atoms with Crippen molar-refractivity contribution in [1.82, 2.24) is 14.9 Å². The monoisotopic (exact) mass is 433 g/mol. The molecule has 1 N–H and O–H groups in total. The van der Waals surface area contributed by atoms with Crippen LogP contribution in [0.3, 0.4) is 0 Å². The van der Waals surface area contributed by atoms with Crippen LogP contribution in [0.5, 0.6) is 0 Å². The Kier molecular flexibility index (Phi) is 6.13. The fourth-order valence-electron chi connectivity index (χ4n) is 3.22. The van der Waals surface area contributed by atoms with Crippen LogP contribution in [0, 0.1) is 12.7 Å². The van der Waals surface area contributed by atoms with Crippen molar-refractivity contribution in [3.63, 3.8) is 0 Å². The summed E-state index contributed by atoms with van der Waals surface area (Å²) in [5.74, 6) is -0.423. The van der Waals surface area contributed by atoms with E-state index in [1.165, 1.54) is 23.9 Å². The second-order valence-electron chi connectivity index (χ2n) is 7.03. The van der Waals surface area contributed by atoms with Crippen LogP contribution >= 0.6 is 11.8 Å². The van der Waals surface area contributed by atoms with Crippen molar-refractivity contribution in [1.29, 1.82) is 0 Å². The van der Waals surface area contributed by atoms with E-state index in [0.29, 0.717) is 22.6 Å². The predicted octanol–water partition coefficient (Wildman–Crippen LogP) is 4.24. The van der Waals surface area contributed by atoms with Gasteiger partial charge in [0.15, 0.2) is 5.16 Å². The van der Waals surface area contributed by atoms with E-state index in [-0.39, 0.29) is 23.0 Å². The molecule has 0 aliphatic heterocycles. The van der Waals surface area contributed by atoms with E-state index in [9.17, 15) is 14.0 Å². The van der Waals surface area contributed by atoms with Crippen LogP contribution in [0.2, 0.25) is 0 Å². The lowest BCUT2D eigenvalue weighted by atomic mass is 10.2. The molecule has 5 nitrogen and oxygen atoms in total. The number of rotatable bonds is 6. The van der Waals surface area contributed by atoms with E-state index in [0.717, 1.165) is 16.8 Å². The Bertz CT molecular complexity index is 1300. The Morgan fingerprint density at radius 3 is 2.52 bits per heavy atom. The number of aromatic nitrogens is 2. The molecule has 3 aromatic carbocycles. The maximum absolute atomic E-state index is 13.3. The summed E-state index contributed by atoms with van der Waals surface area (Å²) in [5.41, 5.74) is 2.89. The SMILES string of the molecule is Cc1ccccc1-n1c(SCC(=O)NCc2ccc(F)cc2)nc2ccccc2c1=O. The molecule has 0 aliphatic rings. The number of fused-ring (bicyclic) bond motifs is 1. The lowest BCUT2D eigenvalue weighted by molar-refractivity contribution is -0.118. The fraction of sp³-hybridized carbons (Fsp3) is 0.125. The summed E-state index contributed by atoms with van der Waals surface area (Å²) in [6, 6.07) is 20.7. The number of thioether (sulfide) groups is 1. The summed E-state index contributed by atoms with van der Waals surface area (Å²) < 4.78 is 14.6. The molecule has 156 valence electrons. The average molecular weight is 434 g/mol. The summed E-state index contributed by atoms with van der Waals surface area (Å²) in [7, 11) is 0. The number of hydrogen-bond acceptors (Lipinski definition) is 4. The first-order chi connectivity index (χ1) is 15.0. The van der Waals surface area contributed by atoms with E-state index in [1.54, 1.807) is 28.8 Å². The molecule has 0 saturated heterocycles. The van der Waals surface area contributed by atoms with Crippen molar-refractivity contribution in [2.24, 2.45) is 0 Å². The van der Waals surface area contributed by atoms with E-state index in [2.05, 4.69) is 10.3 Å². The molecular weight excluding hydrogens is 413 g/mol. The Morgan fingerprint density at radius 2 is 1.74 bits per heavy atom.